The van der Waals surface area contributed by atoms with Gasteiger partial charge < -0.3 is 4.74 Å². The number of methoxy groups -OCH3 is 1. The van der Waals surface area contributed by atoms with E-state index in [1.165, 1.54) is 12.1 Å². The van der Waals surface area contributed by atoms with E-state index in [4.69, 9.17) is 4.74 Å². The van der Waals surface area contributed by atoms with Crippen LogP contribution in [-0.2, 0) is 0 Å². The quantitative estimate of drug-likeness (QED) is 0.737. The van der Waals surface area contributed by atoms with Gasteiger partial charge in [0, 0.05) is 0 Å². The van der Waals surface area contributed by atoms with E-state index in [1.54, 1.807) is 7.11 Å². The molecule has 2 aromatic rings. The third-order valence-electron chi connectivity index (χ3n) is 3.19. The molecule has 0 saturated heterocycles. The van der Waals surface area contributed by atoms with Crippen LogP contribution >= 0.6 is 0 Å². The first-order chi connectivity index (χ1) is 9.74. The van der Waals surface area contributed by atoms with E-state index >= 15 is 0 Å². The van der Waals surface area contributed by atoms with E-state index in [0.717, 1.165) is 35.3 Å². The van der Waals surface area contributed by atoms with Gasteiger partial charge in [0.1, 0.15) is 11.6 Å². The molecule has 104 valence electrons. The lowest BCUT2D eigenvalue weighted by Crippen LogP contribution is -1.90. The summed E-state index contributed by atoms with van der Waals surface area (Å²) >= 11 is 0. The Kier molecular flexibility index (Phi) is 4.94. The lowest BCUT2D eigenvalue weighted by atomic mass is 9.96. The van der Waals surface area contributed by atoms with Gasteiger partial charge in [-0.15, -0.1) is 0 Å². The highest BCUT2D eigenvalue weighted by Gasteiger charge is 2.05. The van der Waals surface area contributed by atoms with Crippen LogP contribution in [0.15, 0.2) is 54.6 Å². The van der Waals surface area contributed by atoms with Gasteiger partial charge >= 0.3 is 0 Å². The number of benzene rings is 2. The lowest BCUT2D eigenvalue weighted by molar-refractivity contribution is 0.415. The van der Waals surface area contributed by atoms with Gasteiger partial charge in [-0.05, 0) is 47.4 Å². The minimum Gasteiger partial charge on any atom is -0.497 e. The lowest BCUT2D eigenvalue weighted by Gasteiger charge is -2.10. The molecule has 2 aromatic carbocycles. The average molecular weight is 270 g/mol. The predicted octanol–water partition coefficient (Wildman–Crippen LogP) is 5.07. The summed E-state index contributed by atoms with van der Waals surface area (Å²) in [6.45, 7) is 2.15. The van der Waals surface area contributed by atoms with Crippen LogP contribution in [-0.4, -0.2) is 7.11 Å². The summed E-state index contributed by atoms with van der Waals surface area (Å²) in [6, 6.07) is 14.6. The molecule has 0 amide bonds. The van der Waals surface area contributed by atoms with Crippen molar-refractivity contribution in [3.05, 3.63) is 71.6 Å². The van der Waals surface area contributed by atoms with Crippen LogP contribution in [0.4, 0.5) is 4.39 Å². The van der Waals surface area contributed by atoms with Crippen molar-refractivity contribution in [3.8, 4) is 5.75 Å². The second kappa shape index (κ2) is 6.90. The Morgan fingerprint density at radius 3 is 2.05 bits per heavy atom. The van der Waals surface area contributed by atoms with Gasteiger partial charge in [-0.25, -0.2) is 4.39 Å². The van der Waals surface area contributed by atoms with Crippen molar-refractivity contribution < 1.29 is 9.13 Å². The standard InChI is InChI=1S/C18H19FO/c1-3-4-5-18(14-6-10-16(19)11-7-14)15-8-12-17(20-2)13-9-15/h5-13H,3-4H2,1-2H3/b18-5-. The summed E-state index contributed by atoms with van der Waals surface area (Å²) in [7, 11) is 1.66. The average Bonchev–Trinajstić information content (AvgIpc) is 2.50. The second-order valence-corrected chi connectivity index (χ2v) is 4.64. The second-order valence-electron chi connectivity index (χ2n) is 4.64. The van der Waals surface area contributed by atoms with E-state index in [-0.39, 0.29) is 5.82 Å². The molecule has 0 spiro atoms. The Bertz CT molecular complexity index is 567. The van der Waals surface area contributed by atoms with Crippen molar-refractivity contribution in [2.45, 2.75) is 19.8 Å². The summed E-state index contributed by atoms with van der Waals surface area (Å²) in [5.41, 5.74) is 3.28. The molecule has 0 aliphatic heterocycles. The van der Waals surface area contributed by atoms with Crippen LogP contribution in [0, 0.1) is 5.82 Å². The van der Waals surface area contributed by atoms with E-state index in [2.05, 4.69) is 13.0 Å². The van der Waals surface area contributed by atoms with Gasteiger partial charge in [0.05, 0.1) is 7.11 Å². The fraction of sp³-hybridized carbons (Fsp3) is 0.222. The Hall–Kier alpha value is -2.09. The molecule has 0 fully saturated rings. The molecular formula is C18H19FO. The largest absolute Gasteiger partial charge is 0.497 e. The molecule has 0 bridgehead atoms. The smallest absolute Gasteiger partial charge is 0.123 e. The molecule has 0 radical (unpaired) electrons. The molecule has 2 heteroatoms. The monoisotopic (exact) mass is 270 g/mol. The molecule has 0 aromatic heterocycles. The van der Waals surface area contributed by atoms with Crippen LogP contribution in [0.1, 0.15) is 30.9 Å². The Labute approximate surface area is 119 Å². The summed E-state index contributed by atoms with van der Waals surface area (Å²) in [4.78, 5) is 0. The maximum absolute atomic E-state index is 13.1. The van der Waals surface area contributed by atoms with Crippen LogP contribution in [0.5, 0.6) is 5.75 Å². The van der Waals surface area contributed by atoms with Crippen molar-refractivity contribution in [2.75, 3.05) is 7.11 Å². The fourth-order valence-corrected chi connectivity index (χ4v) is 2.09. The first kappa shape index (κ1) is 14.3. The summed E-state index contributed by atoms with van der Waals surface area (Å²) < 4.78 is 18.2. The van der Waals surface area contributed by atoms with Crippen LogP contribution in [0.3, 0.4) is 0 Å². The Morgan fingerprint density at radius 1 is 1.00 bits per heavy atom. The zero-order valence-corrected chi connectivity index (χ0v) is 11.9. The predicted molar refractivity (Wildman–Crippen MR) is 81.4 cm³/mol. The van der Waals surface area contributed by atoms with Gasteiger partial charge in [0.2, 0.25) is 0 Å². The van der Waals surface area contributed by atoms with Gasteiger partial charge in [0.15, 0.2) is 0 Å². The highest BCUT2D eigenvalue weighted by molar-refractivity contribution is 5.79. The van der Waals surface area contributed by atoms with Crippen molar-refractivity contribution in [3.63, 3.8) is 0 Å². The number of hydrogen-bond acceptors (Lipinski definition) is 1. The highest BCUT2D eigenvalue weighted by atomic mass is 19.1. The SMILES string of the molecule is CCC/C=C(/c1ccc(F)cc1)c1ccc(OC)cc1. The van der Waals surface area contributed by atoms with Gasteiger partial charge in [-0.1, -0.05) is 43.7 Å². The first-order valence-corrected chi connectivity index (χ1v) is 6.85. The zero-order valence-electron chi connectivity index (χ0n) is 11.9. The number of rotatable bonds is 5. The summed E-state index contributed by atoms with van der Waals surface area (Å²) in [5, 5.41) is 0. The van der Waals surface area contributed by atoms with E-state index < -0.39 is 0 Å². The third kappa shape index (κ3) is 3.47. The fourth-order valence-electron chi connectivity index (χ4n) is 2.09. The molecule has 2 rings (SSSR count). The minimum absolute atomic E-state index is 0.210. The van der Waals surface area contributed by atoms with Crippen molar-refractivity contribution in [1.29, 1.82) is 0 Å². The van der Waals surface area contributed by atoms with Crippen molar-refractivity contribution >= 4 is 5.57 Å². The third-order valence-corrected chi connectivity index (χ3v) is 3.19. The maximum Gasteiger partial charge on any atom is 0.123 e. The minimum atomic E-state index is -0.210. The molecule has 0 aliphatic carbocycles. The molecule has 20 heavy (non-hydrogen) atoms. The Morgan fingerprint density at radius 2 is 1.55 bits per heavy atom. The molecule has 0 saturated carbocycles. The zero-order chi connectivity index (χ0) is 14.4. The summed E-state index contributed by atoms with van der Waals surface area (Å²) in [5.74, 6) is 0.626. The molecule has 0 N–H and O–H groups in total. The van der Waals surface area contributed by atoms with Gasteiger partial charge in [0.25, 0.3) is 0 Å². The van der Waals surface area contributed by atoms with Crippen LogP contribution in [0.2, 0.25) is 0 Å². The topological polar surface area (TPSA) is 9.23 Å². The van der Waals surface area contributed by atoms with E-state index in [0.29, 0.717) is 0 Å². The first-order valence-electron chi connectivity index (χ1n) is 6.85. The number of allylic oxidation sites excluding steroid dienone is 1. The maximum atomic E-state index is 13.1. The molecular weight excluding hydrogens is 251 g/mol. The number of halogens is 1. The molecule has 0 heterocycles. The number of ether oxygens (including phenoxy) is 1. The van der Waals surface area contributed by atoms with Gasteiger partial charge in [-0.2, -0.15) is 0 Å². The number of unbranched alkanes of at least 4 members (excludes halogenated alkanes) is 1. The van der Waals surface area contributed by atoms with Crippen molar-refractivity contribution in [1.82, 2.24) is 0 Å². The molecule has 0 unspecified atom stereocenters. The number of hydrogen-bond donors (Lipinski definition) is 0. The Balaban J connectivity index is 2.38. The highest BCUT2D eigenvalue weighted by Crippen LogP contribution is 2.26. The summed E-state index contributed by atoms with van der Waals surface area (Å²) in [6.07, 6.45) is 4.29. The van der Waals surface area contributed by atoms with E-state index in [1.807, 2.05) is 36.4 Å². The van der Waals surface area contributed by atoms with Gasteiger partial charge in [-0.3, -0.25) is 0 Å². The molecule has 1 nitrogen and oxygen atoms in total. The van der Waals surface area contributed by atoms with Crippen molar-refractivity contribution in [2.24, 2.45) is 0 Å². The van der Waals surface area contributed by atoms with Crippen LogP contribution in [0.25, 0.3) is 5.57 Å². The normalized spacial score (nSPS) is 11.4. The van der Waals surface area contributed by atoms with E-state index in [9.17, 15) is 4.39 Å². The van der Waals surface area contributed by atoms with Crippen LogP contribution < -0.4 is 4.74 Å². The molecule has 0 aliphatic rings. The molecule has 0 atom stereocenters.